The molecule has 0 radical (unpaired) electrons. The summed E-state index contributed by atoms with van der Waals surface area (Å²) in [6.07, 6.45) is 4.02. The van der Waals surface area contributed by atoms with Crippen LogP contribution in [-0.4, -0.2) is 50.5 Å². The number of rotatable bonds is 14. The Morgan fingerprint density at radius 2 is 1.54 bits per heavy atom. The maximum atomic E-state index is 13.5. The van der Waals surface area contributed by atoms with Crippen molar-refractivity contribution >= 4 is 27.5 Å². The van der Waals surface area contributed by atoms with Crippen molar-refractivity contribution in [2.75, 3.05) is 23.7 Å². The van der Waals surface area contributed by atoms with Gasteiger partial charge >= 0.3 is 0 Å². The van der Waals surface area contributed by atoms with E-state index in [2.05, 4.69) is 12.2 Å². The summed E-state index contributed by atoms with van der Waals surface area (Å²) >= 11 is 0. The number of unbranched alkanes of at least 4 members (excludes halogenated alkanes) is 1. The van der Waals surface area contributed by atoms with Crippen molar-refractivity contribution in [1.29, 1.82) is 0 Å². The quantitative estimate of drug-likeness (QED) is 0.353. The number of amides is 2. The van der Waals surface area contributed by atoms with Crippen LogP contribution in [0.3, 0.4) is 0 Å². The van der Waals surface area contributed by atoms with Gasteiger partial charge in [0.25, 0.3) is 0 Å². The zero-order valence-corrected chi connectivity index (χ0v) is 24.0. The van der Waals surface area contributed by atoms with Gasteiger partial charge in [0.1, 0.15) is 6.04 Å². The second-order valence-corrected chi connectivity index (χ2v) is 11.8. The SMILES string of the molecule is CCCCNC(=O)C(CC)N(Cc1ccc(C)cc1)C(=O)CCCN(c1cc(C)cc(C)c1)S(C)(=O)=O. The Morgan fingerprint density at radius 3 is 2.08 bits per heavy atom. The highest BCUT2D eigenvalue weighted by molar-refractivity contribution is 7.92. The van der Waals surface area contributed by atoms with E-state index in [0.717, 1.165) is 35.1 Å². The van der Waals surface area contributed by atoms with Gasteiger partial charge in [-0.25, -0.2) is 8.42 Å². The van der Waals surface area contributed by atoms with Crippen LogP contribution in [0, 0.1) is 20.8 Å². The lowest BCUT2D eigenvalue weighted by molar-refractivity contribution is -0.141. The van der Waals surface area contributed by atoms with Gasteiger partial charge < -0.3 is 10.2 Å². The fraction of sp³-hybridized carbons (Fsp3) is 0.517. The Morgan fingerprint density at radius 1 is 0.919 bits per heavy atom. The van der Waals surface area contributed by atoms with Crippen LogP contribution in [0.1, 0.15) is 68.2 Å². The largest absolute Gasteiger partial charge is 0.354 e. The molecule has 204 valence electrons. The van der Waals surface area contributed by atoms with Crippen LogP contribution in [-0.2, 0) is 26.2 Å². The summed E-state index contributed by atoms with van der Waals surface area (Å²) in [5.74, 6) is -0.309. The fourth-order valence-corrected chi connectivity index (χ4v) is 5.36. The lowest BCUT2D eigenvalue weighted by Crippen LogP contribution is -2.49. The normalized spacial score (nSPS) is 12.2. The summed E-state index contributed by atoms with van der Waals surface area (Å²) in [5, 5.41) is 2.97. The first kappa shape index (κ1) is 30.4. The maximum Gasteiger partial charge on any atom is 0.242 e. The lowest BCUT2D eigenvalue weighted by Gasteiger charge is -2.31. The summed E-state index contributed by atoms with van der Waals surface area (Å²) in [7, 11) is -3.53. The van der Waals surface area contributed by atoms with E-state index in [-0.39, 0.29) is 24.8 Å². The first-order chi connectivity index (χ1) is 17.5. The minimum absolute atomic E-state index is 0.140. The van der Waals surface area contributed by atoms with Crippen LogP contribution in [0.5, 0.6) is 0 Å². The third-order valence-corrected chi connectivity index (χ3v) is 7.53. The Balaban J connectivity index is 2.21. The Hall–Kier alpha value is -2.87. The number of hydrogen-bond acceptors (Lipinski definition) is 4. The third kappa shape index (κ3) is 9.50. The van der Waals surface area contributed by atoms with Crippen LogP contribution in [0.15, 0.2) is 42.5 Å². The zero-order valence-electron chi connectivity index (χ0n) is 23.2. The Bertz CT molecular complexity index is 1130. The molecule has 7 nitrogen and oxygen atoms in total. The number of nitrogens with zero attached hydrogens (tertiary/aromatic N) is 2. The van der Waals surface area contributed by atoms with Crippen LogP contribution in [0.25, 0.3) is 0 Å². The predicted octanol–water partition coefficient (Wildman–Crippen LogP) is 4.88. The summed E-state index contributed by atoms with van der Waals surface area (Å²) in [4.78, 5) is 28.2. The Labute approximate surface area is 223 Å². The van der Waals surface area contributed by atoms with Gasteiger partial charge in [-0.2, -0.15) is 0 Å². The van der Waals surface area contributed by atoms with Gasteiger partial charge in [-0.1, -0.05) is 56.2 Å². The fourth-order valence-electron chi connectivity index (χ4n) is 4.41. The molecule has 2 aromatic rings. The molecule has 2 aromatic carbocycles. The van der Waals surface area contributed by atoms with Crippen molar-refractivity contribution in [3.05, 3.63) is 64.7 Å². The molecule has 0 heterocycles. The van der Waals surface area contributed by atoms with Crippen LogP contribution in [0.2, 0.25) is 0 Å². The van der Waals surface area contributed by atoms with Gasteiger partial charge in [0.2, 0.25) is 21.8 Å². The first-order valence-electron chi connectivity index (χ1n) is 13.1. The Kier molecular flexibility index (Phi) is 11.6. The topological polar surface area (TPSA) is 86.8 Å². The van der Waals surface area contributed by atoms with E-state index in [1.807, 2.05) is 70.2 Å². The summed E-state index contributed by atoms with van der Waals surface area (Å²) in [6, 6.07) is 13.0. The van der Waals surface area contributed by atoms with Crippen molar-refractivity contribution in [2.45, 2.75) is 79.3 Å². The molecule has 1 atom stereocenters. The van der Waals surface area contributed by atoms with Gasteiger partial charge in [-0.3, -0.25) is 13.9 Å². The molecule has 2 amide bonds. The van der Waals surface area contributed by atoms with E-state index in [1.54, 1.807) is 4.90 Å². The monoisotopic (exact) mass is 529 g/mol. The van der Waals surface area contributed by atoms with E-state index in [9.17, 15) is 18.0 Å². The van der Waals surface area contributed by atoms with E-state index in [4.69, 9.17) is 0 Å². The molecular weight excluding hydrogens is 486 g/mol. The van der Waals surface area contributed by atoms with Crippen molar-refractivity contribution in [3.63, 3.8) is 0 Å². The molecule has 0 saturated heterocycles. The molecule has 1 N–H and O–H groups in total. The minimum Gasteiger partial charge on any atom is -0.354 e. The molecule has 0 aliphatic heterocycles. The highest BCUT2D eigenvalue weighted by Gasteiger charge is 2.28. The van der Waals surface area contributed by atoms with Crippen molar-refractivity contribution in [2.24, 2.45) is 0 Å². The summed E-state index contributed by atoms with van der Waals surface area (Å²) in [5.41, 5.74) is 4.63. The molecule has 0 spiro atoms. The van der Waals surface area contributed by atoms with Crippen LogP contribution < -0.4 is 9.62 Å². The zero-order chi connectivity index (χ0) is 27.6. The molecule has 0 fully saturated rings. The number of aryl methyl sites for hydroxylation is 3. The predicted molar refractivity (Wildman–Crippen MR) is 151 cm³/mol. The molecule has 0 aliphatic carbocycles. The smallest absolute Gasteiger partial charge is 0.242 e. The van der Waals surface area contributed by atoms with Crippen molar-refractivity contribution in [3.8, 4) is 0 Å². The maximum absolute atomic E-state index is 13.5. The summed E-state index contributed by atoms with van der Waals surface area (Å²) < 4.78 is 26.5. The van der Waals surface area contributed by atoms with Crippen molar-refractivity contribution in [1.82, 2.24) is 10.2 Å². The molecular formula is C29H43N3O4S. The molecule has 0 bridgehead atoms. The number of benzene rings is 2. The van der Waals surface area contributed by atoms with E-state index in [1.165, 1.54) is 10.6 Å². The molecule has 0 aliphatic rings. The standard InChI is InChI=1S/C29H43N3O4S/c1-7-9-16-30-29(34)27(8-2)31(21-25-14-12-22(3)13-15-25)28(33)11-10-17-32(37(6,35)36)26-19-23(4)18-24(5)20-26/h12-15,18-20,27H,7-11,16-17,21H2,1-6H3,(H,30,34). The van der Waals surface area contributed by atoms with Gasteiger partial charge in [-0.05, 0) is 68.9 Å². The molecule has 0 saturated carbocycles. The second kappa shape index (κ2) is 14.2. The van der Waals surface area contributed by atoms with E-state index >= 15 is 0 Å². The lowest BCUT2D eigenvalue weighted by atomic mass is 10.1. The highest BCUT2D eigenvalue weighted by atomic mass is 32.2. The number of anilines is 1. The van der Waals surface area contributed by atoms with Gasteiger partial charge in [0.15, 0.2) is 0 Å². The number of hydrogen-bond donors (Lipinski definition) is 1. The molecule has 37 heavy (non-hydrogen) atoms. The van der Waals surface area contributed by atoms with Crippen LogP contribution >= 0.6 is 0 Å². The first-order valence-corrected chi connectivity index (χ1v) is 15.0. The number of carbonyl (C=O) groups is 2. The molecule has 2 rings (SSSR count). The molecule has 1 unspecified atom stereocenters. The average molecular weight is 530 g/mol. The van der Waals surface area contributed by atoms with Crippen LogP contribution in [0.4, 0.5) is 5.69 Å². The number of carbonyl (C=O) groups excluding carboxylic acids is 2. The van der Waals surface area contributed by atoms with Gasteiger partial charge in [0.05, 0.1) is 11.9 Å². The highest BCUT2D eigenvalue weighted by Crippen LogP contribution is 2.22. The third-order valence-electron chi connectivity index (χ3n) is 6.34. The molecule has 0 aromatic heterocycles. The molecule has 8 heteroatoms. The average Bonchev–Trinajstić information content (AvgIpc) is 2.81. The number of sulfonamides is 1. The minimum atomic E-state index is -3.53. The summed E-state index contributed by atoms with van der Waals surface area (Å²) in [6.45, 7) is 10.9. The van der Waals surface area contributed by atoms with E-state index in [0.29, 0.717) is 31.6 Å². The van der Waals surface area contributed by atoms with Gasteiger partial charge in [0, 0.05) is 26.1 Å². The van der Waals surface area contributed by atoms with Crippen molar-refractivity contribution < 1.29 is 18.0 Å². The number of nitrogens with one attached hydrogen (secondary N) is 1. The second-order valence-electron chi connectivity index (χ2n) is 9.86. The van der Waals surface area contributed by atoms with Gasteiger partial charge in [-0.15, -0.1) is 0 Å². The van der Waals surface area contributed by atoms with E-state index < -0.39 is 16.1 Å².